The summed E-state index contributed by atoms with van der Waals surface area (Å²) in [4.78, 5) is 20.3. The molecular formula is C20H17N5O3. The van der Waals surface area contributed by atoms with Crippen molar-refractivity contribution in [2.75, 3.05) is 17.7 Å². The summed E-state index contributed by atoms with van der Waals surface area (Å²) in [6.45, 7) is 0.266. The molecule has 0 fully saturated rings. The van der Waals surface area contributed by atoms with Gasteiger partial charge < -0.3 is 20.5 Å². The van der Waals surface area contributed by atoms with Crippen LogP contribution in [0.15, 0.2) is 54.7 Å². The highest BCUT2D eigenvalue weighted by atomic mass is 16.5. The number of carbonyl (C=O) groups is 1. The van der Waals surface area contributed by atoms with E-state index in [1.165, 1.54) is 19.4 Å². The number of esters is 1. The summed E-state index contributed by atoms with van der Waals surface area (Å²) in [6, 6.07) is 15.6. The molecule has 1 heterocycles. The van der Waals surface area contributed by atoms with Crippen LogP contribution < -0.4 is 10.6 Å². The van der Waals surface area contributed by atoms with Crippen molar-refractivity contribution in [1.82, 2.24) is 9.97 Å². The number of nitrogens with zero attached hydrogens (tertiary/aromatic N) is 3. The predicted molar refractivity (Wildman–Crippen MR) is 103 cm³/mol. The second-order valence-corrected chi connectivity index (χ2v) is 5.75. The number of benzene rings is 2. The first-order valence-electron chi connectivity index (χ1n) is 8.34. The lowest BCUT2D eigenvalue weighted by molar-refractivity contribution is 0.0599. The Morgan fingerprint density at radius 1 is 1.25 bits per heavy atom. The van der Waals surface area contributed by atoms with E-state index in [2.05, 4.69) is 20.6 Å². The maximum Gasteiger partial charge on any atom is 0.338 e. The van der Waals surface area contributed by atoms with Gasteiger partial charge in [0.15, 0.2) is 0 Å². The molecule has 28 heavy (non-hydrogen) atoms. The van der Waals surface area contributed by atoms with Crippen LogP contribution in [0.2, 0.25) is 0 Å². The van der Waals surface area contributed by atoms with Gasteiger partial charge in [0.25, 0.3) is 0 Å². The lowest BCUT2D eigenvalue weighted by Gasteiger charge is -2.12. The normalized spacial score (nSPS) is 10.0. The molecule has 1 aromatic heterocycles. The molecule has 0 spiro atoms. The lowest BCUT2D eigenvalue weighted by Crippen LogP contribution is -2.11. The highest BCUT2D eigenvalue weighted by Crippen LogP contribution is 2.21. The molecule has 2 aromatic carbocycles. The number of nitrogens with one attached hydrogen (secondary N) is 2. The van der Waals surface area contributed by atoms with E-state index in [4.69, 9.17) is 4.74 Å². The number of methoxy groups -OCH3 is 1. The summed E-state index contributed by atoms with van der Waals surface area (Å²) < 4.78 is 4.79. The number of hydrogen-bond donors (Lipinski definition) is 3. The fraction of sp³-hybridized carbons (Fsp3) is 0.100. The van der Waals surface area contributed by atoms with Gasteiger partial charge in [-0.3, -0.25) is 0 Å². The van der Waals surface area contributed by atoms with E-state index in [1.807, 2.05) is 12.1 Å². The zero-order valence-corrected chi connectivity index (χ0v) is 15.0. The Hall–Kier alpha value is -4.12. The molecule has 8 nitrogen and oxygen atoms in total. The van der Waals surface area contributed by atoms with E-state index in [0.717, 1.165) is 0 Å². The average Bonchev–Trinajstić information content (AvgIpc) is 2.72. The van der Waals surface area contributed by atoms with Crippen molar-refractivity contribution in [3.63, 3.8) is 0 Å². The number of rotatable bonds is 6. The highest BCUT2D eigenvalue weighted by molar-refractivity contribution is 5.91. The minimum absolute atomic E-state index is 0.108. The SMILES string of the molecule is COC(=O)c1ccccc1CNc1nc(Nc2cccc(O)c2)ncc1C#N. The number of ether oxygens (including phenoxy) is 1. The van der Waals surface area contributed by atoms with Crippen LogP contribution in [0.4, 0.5) is 17.5 Å². The molecule has 0 saturated heterocycles. The predicted octanol–water partition coefficient (Wildman–Crippen LogP) is 3.20. The standard InChI is InChI=1S/C20H17N5O3/c1-28-19(27)17-8-3-2-5-13(17)11-22-18-14(10-21)12-23-20(25-18)24-15-6-4-7-16(26)9-15/h2-9,12,26H,11H2,1H3,(H2,22,23,24,25). The van der Waals surface area contributed by atoms with Gasteiger partial charge in [0, 0.05) is 18.3 Å². The molecule has 3 aromatic rings. The smallest absolute Gasteiger partial charge is 0.338 e. The van der Waals surface area contributed by atoms with Crippen molar-refractivity contribution < 1.29 is 14.6 Å². The van der Waals surface area contributed by atoms with Crippen LogP contribution in [-0.2, 0) is 11.3 Å². The van der Waals surface area contributed by atoms with E-state index in [1.54, 1.807) is 36.4 Å². The van der Waals surface area contributed by atoms with E-state index < -0.39 is 5.97 Å². The summed E-state index contributed by atoms with van der Waals surface area (Å²) in [5, 5.41) is 24.9. The number of anilines is 3. The third kappa shape index (κ3) is 4.34. The van der Waals surface area contributed by atoms with E-state index in [-0.39, 0.29) is 23.8 Å². The lowest BCUT2D eigenvalue weighted by atomic mass is 10.1. The molecule has 0 saturated carbocycles. The second kappa shape index (κ2) is 8.51. The van der Waals surface area contributed by atoms with Crippen molar-refractivity contribution in [3.8, 4) is 11.8 Å². The van der Waals surface area contributed by atoms with Crippen LogP contribution in [0.5, 0.6) is 5.75 Å². The first-order valence-corrected chi connectivity index (χ1v) is 8.34. The van der Waals surface area contributed by atoms with Gasteiger partial charge in [-0.25, -0.2) is 9.78 Å². The number of phenolic OH excluding ortho intramolecular Hbond substituents is 1. The van der Waals surface area contributed by atoms with Crippen LogP contribution in [0.1, 0.15) is 21.5 Å². The van der Waals surface area contributed by atoms with Gasteiger partial charge in [0.05, 0.1) is 18.9 Å². The third-order valence-electron chi connectivity index (χ3n) is 3.88. The zero-order valence-electron chi connectivity index (χ0n) is 15.0. The molecule has 0 unspecified atom stereocenters. The molecule has 0 amide bonds. The summed E-state index contributed by atoms with van der Waals surface area (Å²) in [5.74, 6) is 0.247. The van der Waals surface area contributed by atoms with Crippen LogP contribution in [-0.4, -0.2) is 28.2 Å². The molecule has 0 bridgehead atoms. The summed E-state index contributed by atoms with van der Waals surface area (Å²) in [7, 11) is 1.32. The summed E-state index contributed by atoms with van der Waals surface area (Å²) in [6.07, 6.45) is 1.40. The first kappa shape index (κ1) is 18.7. The molecule has 0 atom stereocenters. The molecule has 8 heteroatoms. The Morgan fingerprint density at radius 2 is 2.07 bits per heavy atom. The van der Waals surface area contributed by atoms with E-state index >= 15 is 0 Å². The largest absolute Gasteiger partial charge is 0.508 e. The fourth-order valence-corrected chi connectivity index (χ4v) is 2.53. The van der Waals surface area contributed by atoms with Crippen molar-refractivity contribution >= 4 is 23.4 Å². The van der Waals surface area contributed by atoms with Crippen LogP contribution in [0.3, 0.4) is 0 Å². The maximum absolute atomic E-state index is 11.9. The monoisotopic (exact) mass is 375 g/mol. The second-order valence-electron chi connectivity index (χ2n) is 5.75. The Bertz CT molecular complexity index is 1050. The number of aromatic hydroxyl groups is 1. The quantitative estimate of drug-likeness (QED) is 0.562. The molecule has 0 aliphatic carbocycles. The van der Waals surface area contributed by atoms with E-state index in [9.17, 15) is 15.2 Å². The maximum atomic E-state index is 11.9. The zero-order chi connectivity index (χ0) is 19.9. The van der Waals surface area contributed by atoms with Crippen molar-refractivity contribution in [2.45, 2.75) is 6.54 Å². The van der Waals surface area contributed by atoms with Gasteiger partial charge in [-0.05, 0) is 23.8 Å². The van der Waals surface area contributed by atoms with Gasteiger partial charge in [0.2, 0.25) is 5.95 Å². The number of nitriles is 1. The van der Waals surface area contributed by atoms with Gasteiger partial charge in [-0.2, -0.15) is 10.2 Å². The average molecular weight is 375 g/mol. The molecule has 3 N–H and O–H groups in total. The van der Waals surface area contributed by atoms with Crippen LogP contribution in [0, 0.1) is 11.3 Å². The first-order chi connectivity index (χ1) is 13.6. The van der Waals surface area contributed by atoms with Gasteiger partial charge in [0.1, 0.15) is 23.2 Å². The third-order valence-corrected chi connectivity index (χ3v) is 3.88. The van der Waals surface area contributed by atoms with Gasteiger partial charge in [-0.1, -0.05) is 24.3 Å². The molecule has 0 radical (unpaired) electrons. The van der Waals surface area contributed by atoms with Crippen molar-refractivity contribution in [1.29, 1.82) is 5.26 Å². The Kier molecular flexibility index (Phi) is 5.67. The fourth-order valence-electron chi connectivity index (χ4n) is 2.53. The number of aromatic nitrogens is 2. The summed E-state index contributed by atoms with van der Waals surface area (Å²) in [5.41, 5.74) is 2.01. The topological polar surface area (TPSA) is 120 Å². The number of carbonyl (C=O) groups excluding carboxylic acids is 1. The number of phenols is 1. The van der Waals surface area contributed by atoms with Crippen molar-refractivity contribution in [3.05, 3.63) is 71.4 Å². The van der Waals surface area contributed by atoms with E-state index in [0.29, 0.717) is 22.6 Å². The Morgan fingerprint density at radius 3 is 2.82 bits per heavy atom. The Balaban J connectivity index is 1.82. The molecule has 0 aliphatic heterocycles. The van der Waals surface area contributed by atoms with Gasteiger partial charge >= 0.3 is 5.97 Å². The van der Waals surface area contributed by atoms with Crippen molar-refractivity contribution in [2.24, 2.45) is 0 Å². The molecular weight excluding hydrogens is 358 g/mol. The van der Waals surface area contributed by atoms with Crippen LogP contribution >= 0.6 is 0 Å². The molecule has 140 valence electrons. The molecule has 0 aliphatic rings. The highest BCUT2D eigenvalue weighted by Gasteiger charge is 2.12. The van der Waals surface area contributed by atoms with Gasteiger partial charge in [-0.15, -0.1) is 0 Å². The Labute approximate surface area is 161 Å². The number of hydrogen-bond acceptors (Lipinski definition) is 8. The summed E-state index contributed by atoms with van der Waals surface area (Å²) >= 11 is 0. The molecule has 3 rings (SSSR count). The minimum Gasteiger partial charge on any atom is -0.508 e. The minimum atomic E-state index is -0.438. The van der Waals surface area contributed by atoms with Crippen LogP contribution in [0.25, 0.3) is 0 Å².